The molecule has 1 aromatic carbocycles. The third kappa shape index (κ3) is 2.79. The summed E-state index contributed by atoms with van der Waals surface area (Å²) >= 11 is 0. The molecule has 0 bridgehead atoms. The summed E-state index contributed by atoms with van der Waals surface area (Å²) in [5.74, 6) is 0.587. The predicted molar refractivity (Wildman–Crippen MR) is 81.1 cm³/mol. The first-order valence-corrected chi connectivity index (χ1v) is 6.84. The number of nitrogens with zero attached hydrogens (tertiary/aromatic N) is 1. The molecule has 21 heavy (non-hydrogen) atoms. The van der Waals surface area contributed by atoms with Gasteiger partial charge in [0, 0.05) is 17.8 Å². The lowest BCUT2D eigenvalue weighted by Crippen LogP contribution is -2.26. The quantitative estimate of drug-likeness (QED) is 0.797. The van der Waals surface area contributed by atoms with E-state index in [1.807, 2.05) is 50.2 Å². The zero-order valence-electron chi connectivity index (χ0n) is 12.0. The van der Waals surface area contributed by atoms with Gasteiger partial charge in [0.05, 0.1) is 11.6 Å². The third-order valence-corrected chi connectivity index (χ3v) is 3.36. The number of carbonyl (C=O) groups excluding carboxylic acids is 1. The first-order valence-electron chi connectivity index (χ1n) is 6.84. The van der Waals surface area contributed by atoms with Crippen molar-refractivity contribution in [2.45, 2.75) is 19.9 Å². The highest BCUT2D eigenvalue weighted by Crippen LogP contribution is 2.23. The van der Waals surface area contributed by atoms with Crippen LogP contribution in [-0.2, 0) is 0 Å². The number of pyridine rings is 1. The monoisotopic (exact) mass is 280 g/mol. The second kappa shape index (κ2) is 5.40. The van der Waals surface area contributed by atoms with Crippen molar-refractivity contribution in [1.29, 1.82) is 0 Å². The van der Waals surface area contributed by atoms with Gasteiger partial charge < -0.3 is 9.73 Å². The lowest BCUT2D eigenvalue weighted by atomic mass is 10.2. The lowest BCUT2D eigenvalue weighted by molar-refractivity contribution is 0.0935. The highest BCUT2D eigenvalue weighted by Gasteiger charge is 2.15. The Morgan fingerprint density at radius 2 is 2.05 bits per heavy atom. The molecule has 0 spiro atoms. The highest BCUT2D eigenvalue weighted by molar-refractivity contribution is 5.94. The van der Waals surface area contributed by atoms with Crippen molar-refractivity contribution in [1.82, 2.24) is 10.3 Å². The molecule has 0 aliphatic heterocycles. The molecule has 4 heteroatoms. The number of nitrogens with one attached hydrogen (secondary N) is 1. The summed E-state index contributed by atoms with van der Waals surface area (Å²) in [5, 5.41) is 3.96. The summed E-state index contributed by atoms with van der Waals surface area (Å²) in [7, 11) is 0. The van der Waals surface area contributed by atoms with E-state index in [1.54, 1.807) is 12.4 Å². The Labute approximate surface area is 122 Å². The van der Waals surface area contributed by atoms with Gasteiger partial charge in [-0.25, -0.2) is 0 Å². The van der Waals surface area contributed by atoms with Gasteiger partial charge in [0.2, 0.25) is 0 Å². The maximum Gasteiger partial charge on any atom is 0.253 e. The molecule has 3 aromatic rings. The van der Waals surface area contributed by atoms with E-state index >= 15 is 0 Å². The zero-order valence-corrected chi connectivity index (χ0v) is 12.0. The van der Waals surface area contributed by atoms with Crippen LogP contribution in [0.25, 0.3) is 11.0 Å². The first-order chi connectivity index (χ1) is 10.1. The number of rotatable bonds is 3. The van der Waals surface area contributed by atoms with Gasteiger partial charge in [0.1, 0.15) is 11.3 Å². The second-order valence-electron chi connectivity index (χ2n) is 5.13. The Hall–Kier alpha value is -2.62. The molecule has 1 N–H and O–H groups in total. The van der Waals surface area contributed by atoms with E-state index in [4.69, 9.17) is 4.42 Å². The van der Waals surface area contributed by atoms with Gasteiger partial charge in [0.15, 0.2) is 0 Å². The molecule has 0 aliphatic rings. The molecular formula is C17H16N2O2. The number of aromatic nitrogens is 1. The standard InChI is InChI=1S/C17H16N2O2/c1-11-7-14(10-18-9-11)17(20)19-12(2)16-8-13-5-3-4-6-15(13)21-16/h3-10,12H,1-2H3,(H,19,20). The molecule has 0 saturated heterocycles. The van der Waals surface area contributed by atoms with E-state index in [1.165, 1.54) is 0 Å². The van der Waals surface area contributed by atoms with Crippen LogP contribution in [0.4, 0.5) is 0 Å². The minimum Gasteiger partial charge on any atom is -0.459 e. The van der Waals surface area contributed by atoms with Gasteiger partial charge in [-0.2, -0.15) is 0 Å². The van der Waals surface area contributed by atoms with Crippen molar-refractivity contribution in [2.75, 3.05) is 0 Å². The molecule has 0 aliphatic carbocycles. The van der Waals surface area contributed by atoms with Gasteiger partial charge in [-0.3, -0.25) is 9.78 Å². The SMILES string of the molecule is Cc1cncc(C(=O)NC(C)c2cc3ccccc3o2)c1. The fraction of sp³-hybridized carbons (Fsp3) is 0.176. The summed E-state index contributed by atoms with van der Waals surface area (Å²) < 4.78 is 5.76. The Kier molecular flexibility index (Phi) is 3.44. The smallest absolute Gasteiger partial charge is 0.253 e. The number of fused-ring (bicyclic) bond motifs is 1. The van der Waals surface area contributed by atoms with Crippen molar-refractivity contribution in [3.05, 3.63) is 65.7 Å². The number of aryl methyl sites for hydroxylation is 1. The maximum atomic E-state index is 12.2. The molecule has 1 unspecified atom stereocenters. The maximum absolute atomic E-state index is 12.2. The second-order valence-corrected chi connectivity index (χ2v) is 5.13. The summed E-state index contributed by atoms with van der Waals surface area (Å²) in [6.45, 7) is 3.81. The topological polar surface area (TPSA) is 55.1 Å². The molecule has 0 saturated carbocycles. The summed E-state index contributed by atoms with van der Waals surface area (Å²) in [5.41, 5.74) is 2.34. The third-order valence-electron chi connectivity index (χ3n) is 3.36. The Bertz CT molecular complexity index is 759. The molecule has 0 fully saturated rings. The normalized spacial score (nSPS) is 12.3. The van der Waals surface area contributed by atoms with E-state index in [9.17, 15) is 4.79 Å². The Morgan fingerprint density at radius 1 is 1.24 bits per heavy atom. The van der Waals surface area contributed by atoms with Crippen LogP contribution >= 0.6 is 0 Å². The van der Waals surface area contributed by atoms with E-state index in [0.717, 1.165) is 22.3 Å². The van der Waals surface area contributed by atoms with E-state index in [0.29, 0.717) is 5.56 Å². The molecule has 3 rings (SSSR count). The first kappa shape index (κ1) is 13.4. The fourth-order valence-electron chi connectivity index (χ4n) is 2.25. The number of amides is 1. The molecule has 4 nitrogen and oxygen atoms in total. The van der Waals surface area contributed by atoms with Crippen LogP contribution in [0, 0.1) is 6.92 Å². The van der Waals surface area contributed by atoms with E-state index in [2.05, 4.69) is 10.3 Å². The Morgan fingerprint density at radius 3 is 2.81 bits per heavy atom. The largest absolute Gasteiger partial charge is 0.459 e. The molecule has 1 atom stereocenters. The van der Waals surface area contributed by atoms with Gasteiger partial charge in [-0.15, -0.1) is 0 Å². The zero-order chi connectivity index (χ0) is 14.8. The van der Waals surface area contributed by atoms with Crippen molar-refractivity contribution < 1.29 is 9.21 Å². The van der Waals surface area contributed by atoms with Crippen LogP contribution in [-0.4, -0.2) is 10.9 Å². The van der Waals surface area contributed by atoms with Crippen LogP contribution < -0.4 is 5.32 Å². The molecule has 1 amide bonds. The van der Waals surface area contributed by atoms with Crippen LogP contribution in [0.5, 0.6) is 0 Å². The van der Waals surface area contributed by atoms with Crippen LogP contribution in [0.15, 0.2) is 53.2 Å². The van der Waals surface area contributed by atoms with Gasteiger partial charge in [-0.1, -0.05) is 18.2 Å². The van der Waals surface area contributed by atoms with Crippen molar-refractivity contribution in [2.24, 2.45) is 0 Å². The number of hydrogen-bond acceptors (Lipinski definition) is 3. The number of furan rings is 1. The summed E-state index contributed by atoms with van der Waals surface area (Å²) in [6.07, 6.45) is 3.28. The van der Waals surface area contributed by atoms with Crippen molar-refractivity contribution in [3.63, 3.8) is 0 Å². The molecule has 0 radical (unpaired) electrons. The van der Waals surface area contributed by atoms with Crippen molar-refractivity contribution >= 4 is 16.9 Å². The van der Waals surface area contributed by atoms with E-state index < -0.39 is 0 Å². The number of carbonyl (C=O) groups is 1. The molecular weight excluding hydrogens is 264 g/mol. The molecule has 106 valence electrons. The predicted octanol–water partition coefficient (Wildman–Crippen LogP) is 3.63. The van der Waals surface area contributed by atoms with Gasteiger partial charge >= 0.3 is 0 Å². The summed E-state index contributed by atoms with van der Waals surface area (Å²) in [4.78, 5) is 16.2. The summed E-state index contributed by atoms with van der Waals surface area (Å²) in [6, 6.07) is 11.4. The average molecular weight is 280 g/mol. The Balaban J connectivity index is 1.79. The van der Waals surface area contributed by atoms with E-state index in [-0.39, 0.29) is 11.9 Å². The number of benzene rings is 1. The van der Waals surface area contributed by atoms with Gasteiger partial charge in [0.25, 0.3) is 5.91 Å². The van der Waals surface area contributed by atoms with Crippen molar-refractivity contribution in [3.8, 4) is 0 Å². The molecule has 2 aromatic heterocycles. The van der Waals surface area contributed by atoms with Gasteiger partial charge in [-0.05, 0) is 37.6 Å². The van der Waals surface area contributed by atoms with Crippen LogP contribution in [0.1, 0.15) is 34.6 Å². The number of hydrogen-bond donors (Lipinski definition) is 1. The van der Waals surface area contributed by atoms with Crippen LogP contribution in [0.2, 0.25) is 0 Å². The number of para-hydroxylation sites is 1. The molecule has 2 heterocycles. The highest BCUT2D eigenvalue weighted by atomic mass is 16.3. The minimum atomic E-state index is -0.203. The average Bonchev–Trinajstić information content (AvgIpc) is 2.91. The van der Waals surface area contributed by atoms with Crippen LogP contribution in [0.3, 0.4) is 0 Å². The lowest BCUT2D eigenvalue weighted by Gasteiger charge is -2.11. The fourth-order valence-corrected chi connectivity index (χ4v) is 2.25. The minimum absolute atomic E-state index is 0.154.